The molecule has 0 spiro atoms. The maximum Gasteiger partial charge on any atom is 0.325 e. The number of methoxy groups -OCH3 is 1. The number of carbonyl (C=O) groups is 3. The Labute approximate surface area is 169 Å². The summed E-state index contributed by atoms with van der Waals surface area (Å²) in [5, 5.41) is 2.99. The maximum absolute atomic E-state index is 12.6. The summed E-state index contributed by atoms with van der Waals surface area (Å²) in [4.78, 5) is 39.6. The van der Waals surface area contributed by atoms with Crippen molar-refractivity contribution in [2.45, 2.75) is 32.7 Å². The number of nitrogens with one attached hydrogen (secondary N) is 1. The molecule has 152 valence electrons. The standard InChI is InChI=1S/C19H25N3O5S/c1-4-10-27-14-8-6-13(7-9-14)20-16(23)11-15-18(25)21(5-2)19(28)22(15)12-17(24)26-3/h6-9,15H,4-5,10-12H2,1-3H3,(H,20,23). The molecule has 8 nitrogen and oxygen atoms in total. The first-order valence-electron chi connectivity index (χ1n) is 9.12. The summed E-state index contributed by atoms with van der Waals surface area (Å²) < 4.78 is 10.2. The van der Waals surface area contributed by atoms with Gasteiger partial charge in [-0.3, -0.25) is 19.3 Å². The van der Waals surface area contributed by atoms with E-state index in [1.165, 1.54) is 16.9 Å². The van der Waals surface area contributed by atoms with E-state index in [1.807, 2.05) is 6.92 Å². The summed E-state index contributed by atoms with van der Waals surface area (Å²) in [5.74, 6) is -0.453. The second kappa shape index (κ2) is 10.0. The van der Waals surface area contributed by atoms with Crippen molar-refractivity contribution in [2.75, 3.05) is 32.1 Å². The zero-order chi connectivity index (χ0) is 20.7. The molecule has 1 saturated heterocycles. The molecule has 9 heteroatoms. The van der Waals surface area contributed by atoms with Crippen LogP contribution in [0.1, 0.15) is 26.7 Å². The SMILES string of the molecule is CCCOc1ccc(NC(=O)CC2C(=O)N(CC)C(=S)N2CC(=O)OC)cc1. The van der Waals surface area contributed by atoms with Crippen LogP contribution >= 0.6 is 12.2 Å². The Kier molecular flexibility index (Phi) is 7.74. The topological polar surface area (TPSA) is 88.2 Å². The molecule has 1 atom stereocenters. The van der Waals surface area contributed by atoms with Gasteiger partial charge in [0.25, 0.3) is 5.91 Å². The molecule has 1 aliphatic rings. The van der Waals surface area contributed by atoms with Crippen LogP contribution in [0, 0.1) is 0 Å². The fourth-order valence-electron chi connectivity index (χ4n) is 2.81. The van der Waals surface area contributed by atoms with Crippen LogP contribution in [0.2, 0.25) is 0 Å². The first-order valence-corrected chi connectivity index (χ1v) is 9.53. The number of rotatable bonds is 9. The monoisotopic (exact) mass is 407 g/mol. The van der Waals surface area contributed by atoms with Gasteiger partial charge in [-0.05, 0) is 49.8 Å². The minimum atomic E-state index is -0.835. The number of hydrogen-bond acceptors (Lipinski definition) is 6. The van der Waals surface area contributed by atoms with E-state index >= 15 is 0 Å². The first kappa shape index (κ1) is 21.6. The number of carbonyl (C=O) groups excluding carboxylic acids is 3. The molecule has 1 N–H and O–H groups in total. The van der Waals surface area contributed by atoms with Gasteiger partial charge in [0.1, 0.15) is 18.3 Å². The van der Waals surface area contributed by atoms with E-state index < -0.39 is 12.0 Å². The molecule has 0 aromatic heterocycles. The van der Waals surface area contributed by atoms with Crippen molar-refractivity contribution in [3.8, 4) is 5.75 Å². The average Bonchev–Trinajstić information content (AvgIpc) is 2.90. The van der Waals surface area contributed by atoms with Crippen molar-refractivity contribution < 1.29 is 23.9 Å². The Hall–Kier alpha value is -2.68. The van der Waals surface area contributed by atoms with E-state index in [9.17, 15) is 14.4 Å². The summed E-state index contributed by atoms with van der Waals surface area (Å²) in [6, 6.07) is 6.16. The van der Waals surface area contributed by atoms with Crippen molar-refractivity contribution in [1.29, 1.82) is 0 Å². The third kappa shape index (κ3) is 5.19. The average molecular weight is 407 g/mol. The molecule has 2 amide bonds. The van der Waals surface area contributed by atoms with Crippen molar-refractivity contribution >= 4 is 40.8 Å². The third-order valence-electron chi connectivity index (χ3n) is 4.24. The Morgan fingerprint density at radius 2 is 1.89 bits per heavy atom. The van der Waals surface area contributed by atoms with Crippen LogP contribution in [0.15, 0.2) is 24.3 Å². The largest absolute Gasteiger partial charge is 0.494 e. The summed E-state index contributed by atoms with van der Waals surface area (Å²) in [6.07, 6.45) is 0.785. The summed E-state index contributed by atoms with van der Waals surface area (Å²) in [7, 11) is 1.26. The van der Waals surface area contributed by atoms with Gasteiger partial charge in [-0.25, -0.2) is 0 Å². The van der Waals surface area contributed by atoms with Crippen LogP contribution in [0.5, 0.6) is 5.75 Å². The van der Waals surface area contributed by atoms with Crippen LogP contribution in [-0.4, -0.2) is 65.5 Å². The minimum Gasteiger partial charge on any atom is -0.494 e. The molecule has 0 aliphatic carbocycles. The molecule has 2 rings (SSSR count). The predicted molar refractivity (Wildman–Crippen MR) is 108 cm³/mol. The molecule has 0 bridgehead atoms. The number of benzene rings is 1. The molecule has 28 heavy (non-hydrogen) atoms. The number of likely N-dealkylation sites (N-methyl/N-ethyl adjacent to an activating group) is 1. The maximum atomic E-state index is 12.6. The van der Waals surface area contributed by atoms with E-state index in [2.05, 4.69) is 10.1 Å². The number of amides is 2. The highest BCUT2D eigenvalue weighted by Gasteiger charge is 2.43. The molecule has 1 aliphatic heterocycles. The van der Waals surface area contributed by atoms with Gasteiger partial charge in [-0.1, -0.05) is 6.92 Å². The summed E-state index contributed by atoms with van der Waals surface area (Å²) in [5.41, 5.74) is 0.591. The number of ether oxygens (including phenoxy) is 2. The van der Waals surface area contributed by atoms with Crippen LogP contribution in [0.4, 0.5) is 5.69 Å². The molecule has 1 aromatic carbocycles. The van der Waals surface area contributed by atoms with Gasteiger partial charge < -0.3 is 19.7 Å². The lowest BCUT2D eigenvalue weighted by molar-refractivity contribution is -0.141. The fourth-order valence-corrected chi connectivity index (χ4v) is 3.22. The first-order chi connectivity index (χ1) is 13.4. The highest BCUT2D eigenvalue weighted by molar-refractivity contribution is 7.80. The molecular formula is C19H25N3O5S. The molecule has 1 fully saturated rings. The molecule has 0 saturated carbocycles. The highest BCUT2D eigenvalue weighted by atomic mass is 32.1. The number of anilines is 1. The number of hydrogen-bond donors (Lipinski definition) is 1. The van der Waals surface area contributed by atoms with Gasteiger partial charge in [-0.15, -0.1) is 0 Å². The summed E-state index contributed by atoms with van der Waals surface area (Å²) >= 11 is 5.29. The predicted octanol–water partition coefficient (Wildman–Crippen LogP) is 1.79. The minimum absolute atomic E-state index is 0.124. The second-order valence-electron chi connectivity index (χ2n) is 6.21. The number of nitrogens with zero attached hydrogens (tertiary/aromatic N) is 2. The number of esters is 1. The second-order valence-corrected chi connectivity index (χ2v) is 6.58. The van der Waals surface area contributed by atoms with Gasteiger partial charge in [-0.2, -0.15) is 0 Å². The lowest BCUT2D eigenvalue weighted by Gasteiger charge is -2.22. The normalized spacial score (nSPS) is 16.3. The van der Waals surface area contributed by atoms with Gasteiger partial charge in [0, 0.05) is 12.2 Å². The molecule has 0 radical (unpaired) electrons. The Morgan fingerprint density at radius 1 is 1.21 bits per heavy atom. The fraction of sp³-hybridized carbons (Fsp3) is 0.474. The smallest absolute Gasteiger partial charge is 0.325 e. The van der Waals surface area contributed by atoms with Crippen molar-refractivity contribution in [3.63, 3.8) is 0 Å². The molecule has 1 heterocycles. The van der Waals surface area contributed by atoms with Crippen LogP contribution in [-0.2, 0) is 19.1 Å². The lowest BCUT2D eigenvalue weighted by Crippen LogP contribution is -2.41. The van der Waals surface area contributed by atoms with Gasteiger partial charge in [0.05, 0.1) is 20.1 Å². The Bertz CT molecular complexity index is 738. The zero-order valence-corrected chi connectivity index (χ0v) is 17.1. The van der Waals surface area contributed by atoms with E-state index in [0.29, 0.717) is 18.8 Å². The lowest BCUT2D eigenvalue weighted by atomic mass is 10.1. The van der Waals surface area contributed by atoms with Gasteiger partial charge >= 0.3 is 5.97 Å². The zero-order valence-electron chi connectivity index (χ0n) is 16.3. The third-order valence-corrected chi connectivity index (χ3v) is 4.69. The quantitative estimate of drug-likeness (QED) is 0.493. The Balaban J connectivity index is 2.04. The van der Waals surface area contributed by atoms with Crippen molar-refractivity contribution in [2.24, 2.45) is 0 Å². The van der Waals surface area contributed by atoms with Crippen LogP contribution in [0.25, 0.3) is 0 Å². The van der Waals surface area contributed by atoms with Crippen molar-refractivity contribution in [1.82, 2.24) is 9.80 Å². The van der Waals surface area contributed by atoms with Crippen LogP contribution < -0.4 is 10.1 Å². The van der Waals surface area contributed by atoms with E-state index in [-0.39, 0.29) is 29.9 Å². The molecule has 1 aromatic rings. The van der Waals surface area contributed by atoms with Crippen molar-refractivity contribution in [3.05, 3.63) is 24.3 Å². The van der Waals surface area contributed by atoms with E-state index in [1.54, 1.807) is 31.2 Å². The number of thiocarbonyl (C=S) groups is 1. The summed E-state index contributed by atoms with van der Waals surface area (Å²) in [6.45, 7) is 4.61. The van der Waals surface area contributed by atoms with Gasteiger partial charge in [0.2, 0.25) is 5.91 Å². The van der Waals surface area contributed by atoms with Gasteiger partial charge in [0.15, 0.2) is 5.11 Å². The van der Waals surface area contributed by atoms with Crippen LogP contribution in [0.3, 0.4) is 0 Å². The van der Waals surface area contributed by atoms with E-state index in [4.69, 9.17) is 17.0 Å². The molecule has 1 unspecified atom stereocenters. The highest BCUT2D eigenvalue weighted by Crippen LogP contribution is 2.22. The molecular weight excluding hydrogens is 382 g/mol. The Morgan fingerprint density at radius 3 is 2.46 bits per heavy atom. The van der Waals surface area contributed by atoms with E-state index in [0.717, 1.165) is 12.2 Å².